The van der Waals surface area contributed by atoms with Crippen LogP contribution in [0.4, 0.5) is 4.39 Å². The van der Waals surface area contributed by atoms with Gasteiger partial charge in [0.25, 0.3) is 0 Å². The van der Waals surface area contributed by atoms with Crippen LogP contribution in [0.15, 0.2) is 36.5 Å². The van der Waals surface area contributed by atoms with Crippen LogP contribution in [0.2, 0.25) is 5.02 Å². The van der Waals surface area contributed by atoms with E-state index in [2.05, 4.69) is 51.2 Å². The molecule has 0 amide bonds. The van der Waals surface area contributed by atoms with Gasteiger partial charge in [0.2, 0.25) is 0 Å². The van der Waals surface area contributed by atoms with Crippen molar-refractivity contribution in [3.63, 3.8) is 0 Å². The molecule has 0 aliphatic heterocycles. The fourth-order valence-electron chi connectivity index (χ4n) is 4.56. The zero-order valence-corrected chi connectivity index (χ0v) is 28.8. The molecule has 1 unspecified atom stereocenters. The van der Waals surface area contributed by atoms with Gasteiger partial charge in [0, 0.05) is 12.2 Å². The minimum atomic E-state index is -0.222. The van der Waals surface area contributed by atoms with Gasteiger partial charge in [0.1, 0.15) is 11.3 Å². The molecule has 1 aliphatic carbocycles. The van der Waals surface area contributed by atoms with Gasteiger partial charge in [-0.2, -0.15) is 9.78 Å². The molecule has 0 spiro atoms. The van der Waals surface area contributed by atoms with Gasteiger partial charge in [0.15, 0.2) is 5.17 Å². The van der Waals surface area contributed by atoms with Crippen LogP contribution in [0.1, 0.15) is 117 Å². The van der Waals surface area contributed by atoms with E-state index < -0.39 is 0 Å². The SMILES string of the molecule is CC1CCC(n2cc(Cl)c3c(F)cccc32)CC1.CCCC.CCCCC(C)CC.CSC(=N)n1nc(C)ccc1=N. The van der Waals surface area contributed by atoms with Gasteiger partial charge in [-0.05, 0) is 75.0 Å². The van der Waals surface area contributed by atoms with Gasteiger partial charge in [-0.3, -0.25) is 10.8 Å². The van der Waals surface area contributed by atoms with Gasteiger partial charge in [-0.15, -0.1) is 0 Å². The summed E-state index contributed by atoms with van der Waals surface area (Å²) < 4.78 is 17.3. The van der Waals surface area contributed by atoms with E-state index in [9.17, 15) is 4.39 Å². The number of nitrogens with zero attached hydrogens (tertiary/aromatic N) is 3. The lowest BCUT2D eigenvalue weighted by Gasteiger charge is -2.28. The highest BCUT2D eigenvalue weighted by Crippen LogP contribution is 2.37. The second kappa shape index (κ2) is 20.7. The summed E-state index contributed by atoms with van der Waals surface area (Å²) in [5.41, 5.74) is 1.98. The maximum Gasteiger partial charge on any atom is 0.183 e. The van der Waals surface area contributed by atoms with E-state index in [0.717, 1.165) is 35.9 Å². The Morgan fingerprint density at radius 2 is 1.71 bits per heavy atom. The zero-order valence-electron chi connectivity index (χ0n) is 27.3. The second-order valence-electron chi connectivity index (χ2n) is 11.4. The number of aryl methyl sites for hydroxylation is 1. The molecule has 3 aromatic rings. The third-order valence-electron chi connectivity index (χ3n) is 7.74. The predicted octanol–water partition coefficient (Wildman–Crippen LogP) is 11.0. The molecular weight excluding hydrogens is 565 g/mol. The van der Waals surface area contributed by atoms with E-state index in [1.807, 2.05) is 19.2 Å². The molecule has 4 rings (SSSR count). The lowest BCUT2D eigenvalue weighted by molar-refractivity contribution is 0.294. The number of unbranched alkanes of at least 4 members (excludes halogenated alkanes) is 2. The van der Waals surface area contributed by atoms with Crippen LogP contribution in [0.5, 0.6) is 0 Å². The van der Waals surface area contributed by atoms with E-state index in [0.29, 0.717) is 16.5 Å². The van der Waals surface area contributed by atoms with Crippen molar-refractivity contribution in [3.05, 3.63) is 58.6 Å². The smallest absolute Gasteiger partial charge is 0.183 e. The van der Waals surface area contributed by atoms with Crippen molar-refractivity contribution in [2.75, 3.05) is 6.26 Å². The Balaban J connectivity index is 0.000000319. The number of rotatable bonds is 6. The number of halogens is 2. The molecular formula is C34H55ClFN5S. The van der Waals surface area contributed by atoms with Crippen molar-refractivity contribution in [1.29, 1.82) is 10.8 Å². The molecule has 5 nitrogen and oxygen atoms in total. The fourth-order valence-corrected chi connectivity index (χ4v) is 5.16. The van der Waals surface area contributed by atoms with E-state index in [-0.39, 0.29) is 16.5 Å². The van der Waals surface area contributed by atoms with Crippen LogP contribution in [0, 0.1) is 35.4 Å². The first-order valence-corrected chi connectivity index (χ1v) is 17.3. The Labute approximate surface area is 263 Å². The minimum absolute atomic E-state index is 0.222. The normalized spacial score (nSPS) is 16.7. The predicted molar refractivity (Wildman–Crippen MR) is 183 cm³/mol. The molecule has 42 heavy (non-hydrogen) atoms. The van der Waals surface area contributed by atoms with Crippen molar-refractivity contribution in [3.8, 4) is 0 Å². The largest absolute Gasteiger partial charge is 0.343 e. The maximum atomic E-state index is 13.8. The van der Waals surface area contributed by atoms with E-state index in [1.165, 1.54) is 73.9 Å². The highest BCUT2D eigenvalue weighted by molar-refractivity contribution is 8.13. The lowest BCUT2D eigenvalue weighted by atomic mass is 9.87. The highest BCUT2D eigenvalue weighted by atomic mass is 35.5. The molecule has 236 valence electrons. The maximum absolute atomic E-state index is 13.8. The van der Waals surface area contributed by atoms with Crippen LogP contribution in [-0.2, 0) is 0 Å². The van der Waals surface area contributed by atoms with Crippen molar-refractivity contribution in [2.45, 2.75) is 119 Å². The summed E-state index contributed by atoms with van der Waals surface area (Å²) in [5.74, 6) is 1.55. The molecule has 8 heteroatoms. The second-order valence-corrected chi connectivity index (χ2v) is 12.6. The average molecular weight is 620 g/mol. The number of fused-ring (bicyclic) bond motifs is 1. The Kier molecular flexibility index (Phi) is 18.7. The Morgan fingerprint density at radius 3 is 2.26 bits per heavy atom. The number of hydrogen-bond acceptors (Lipinski definition) is 4. The third-order valence-corrected chi connectivity index (χ3v) is 8.59. The van der Waals surface area contributed by atoms with Gasteiger partial charge >= 0.3 is 0 Å². The number of aromatic nitrogens is 3. The molecule has 1 fully saturated rings. The fraction of sp³-hybridized carbons (Fsp3) is 0.618. The standard InChI is InChI=1S/C15H17ClFN.C8H18.C7H10N4S.C4H10/c1-10-5-7-11(8-6-10)18-9-12(16)15-13(17)3-2-4-14(15)18;1-4-6-7-8(3)5-2;1-5-3-4-6(8)11(10-5)7(9)12-2;1-3-4-2/h2-4,9-11H,5-8H2,1H3;8H,4-7H2,1-3H3;3-4,8-9H,1-2H3;3-4H2,1-2H3. The van der Waals surface area contributed by atoms with Gasteiger partial charge in [0.05, 0.1) is 21.6 Å². The first-order chi connectivity index (χ1) is 20.0. The summed E-state index contributed by atoms with van der Waals surface area (Å²) in [5, 5.41) is 20.3. The summed E-state index contributed by atoms with van der Waals surface area (Å²) >= 11 is 7.43. The number of hydrogen-bond donors (Lipinski definition) is 2. The van der Waals surface area contributed by atoms with E-state index >= 15 is 0 Å². The van der Waals surface area contributed by atoms with Crippen molar-refractivity contribution in [1.82, 2.24) is 14.3 Å². The number of benzene rings is 1. The summed E-state index contributed by atoms with van der Waals surface area (Å²) in [7, 11) is 0. The molecule has 1 saturated carbocycles. The van der Waals surface area contributed by atoms with E-state index in [1.54, 1.807) is 24.5 Å². The van der Waals surface area contributed by atoms with Crippen LogP contribution in [0.25, 0.3) is 10.9 Å². The van der Waals surface area contributed by atoms with Crippen molar-refractivity contribution in [2.24, 2.45) is 11.8 Å². The van der Waals surface area contributed by atoms with Crippen LogP contribution >= 0.6 is 23.4 Å². The molecule has 0 saturated heterocycles. The minimum Gasteiger partial charge on any atom is -0.343 e. The summed E-state index contributed by atoms with van der Waals surface area (Å²) in [6.45, 7) is 15.3. The lowest BCUT2D eigenvalue weighted by Crippen LogP contribution is -2.26. The van der Waals surface area contributed by atoms with Crippen LogP contribution in [-0.4, -0.2) is 25.8 Å². The summed E-state index contributed by atoms with van der Waals surface area (Å²) in [6.07, 6.45) is 16.7. The Morgan fingerprint density at radius 1 is 1.07 bits per heavy atom. The van der Waals surface area contributed by atoms with Crippen molar-refractivity contribution < 1.29 is 4.39 Å². The van der Waals surface area contributed by atoms with Gasteiger partial charge in [-0.1, -0.05) is 109 Å². The number of thioether (sulfide) groups is 1. The first kappa shape index (κ1) is 37.9. The molecule has 2 heterocycles. The molecule has 2 aromatic heterocycles. The van der Waals surface area contributed by atoms with Gasteiger partial charge in [-0.25, -0.2) is 4.39 Å². The molecule has 0 bridgehead atoms. The quantitative estimate of drug-likeness (QED) is 0.213. The third kappa shape index (κ3) is 12.6. The molecule has 0 radical (unpaired) electrons. The molecule has 1 aromatic carbocycles. The Bertz CT molecular complexity index is 1240. The number of nitrogens with one attached hydrogen (secondary N) is 2. The molecule has 1 atom stereocenters. The Hall–Kier alpha value is -2.12. The van der Waals surface area contributed by atoms with Crippen LogP contribution < -0.4 is 5.49 Å². The first-order valence-electron chi connectivity index (χ1n) is 15.7. The monoisotopic (exact) mass is 619 g/mol. The average Bonchev–Trinajstić information content (AvgIpc) is 3.35. The summed E-state index contributed by atoms with van der Waals surface area (Å²) in [6, 6.07) is 9.05. The van der Waals surface area contributed by atoms with E-state index in [4.69, 9.17) is 22.4 Å². The molecule has 2 N–H and O–H groups in total. The van der Waals surface area contributed by atoms with Gasteiger partial charge < -0.3 is 4.57 Å². The zero-order chi connectivity index (χ0) is 31.7. The van der Waals surface area contributed by atoms with Crippen molar-refractivity contribution >= 4 is 39.4 Å². The topological polar surface area (TPSA) is 70.5 Å². The highest BCUT2D eigenvalue weighted by Gasteiger charge is 2.22. The summed E-state index contributed by atoms with van der Waals surface area (Å²) in [4.78, 5) is 0. The molecule has 1 aliphatic rings. The van der Waals surface area contributed by atoms with Crippen LogP contribution in [0.3, 0.4) is 0 Å².